The molecule has 0 unspecified atom stereocenters. The zero-order valence-electron chi connectivity index (χ0n) is 12.2. The summed E-state index contributed by atoms with van der Waals surface area (Å²) in [7, 11) is 0. The van der Waals surface area contributed by atoms with E-state index in [-0.39, 0.29) is 18.7 Å². The smallest absolute Gasteiger partial charge is 0.303 e. The summed E-state index contributed by atoms with van der Waals surface area (Å²) in [6, 6.07) is 7.36. The van der Waals surface area contributed by atoms with Gasteiger partial charge in [-0.15, -0.1) is 0 Å². The molecule has 0 spiro atoms. The zero-order chi connectivity index (χ0) is 15.5. The summed E-state index contributed by atoms with van der Waals surface area (Å²) >= 11 is 0. The van der Waals surface area contributed by atoms with Crippen LogP contribution in [0.15, 0.2) is 24.3 Å². The fraction of sp³-hybridized carbons (Fsp3) is 0.500. The second-order valence-corrected chi connectivity index (χ2v) is 5.05. The van der Waals surface area contributed by atoms with Gasteiger partial charge in [0.1, 0.15) is 5.75 Å². The van der Waals surface area contributed by atoms with Gasteiger partial charge >= 0.3 is 5.97 Å². The van der Waals surface area contributed by atoms with Crippen LogP contribution in [-0.4, -0.2) is 23.6 Å². The number of benzene rings is 1. The Morgan fingerprint density at radius 1 is 1.00 bits per heavy atom. The highest BCUT2D eigenvalue weighted by Crippen LogP contribution is 2.13. The van der Waals surface area contributed by atoms with E-state index in [1.165, 1.54) is 0 Å². The lowest BCUT2D eigenvalue weighted by Gasteiger charge is -2.07. The van der Waals surface area contributed by atoms with Crippen LogP contribution in [0.25, 0.3) is 0 Å². The summed E-state index contributed by atoms with van der Waals surface area (Å²) in [6.07, 6.45) is 5.24. The van der Waals surface area contributed by atoms with Crippen molar-refractivity contribution in [1.82, 2.24) is 0 Å². The van der Waals surface area contributed by atoms with Crippen molar-refractivity contribution < 1.29 is 19.4 Å². The first kappa shape index (κ1) is 17.0. The SMILES string of the molecule is NC(=O)Cc1ccc(OCCCCCCCC(=O)O)cc1. The second kappa shape index (κ2) is 9.80. The molecule has 0 bridgehead atoms. The summed E-state index contributed by atoms with van der Waals surface area (Å²) in [6.45, 7) is 0.647. The Labute approximate surface area is 125 Å². The van der Waals surface area contributed by atoms with Gasteiger partial charge in [-0.25, -0.2) is 0 Å². The third-order valence-electron chi connectivity index (χ3n) is 3.11. The summed E-state index contributed by atoms with van der Waals surface area (Å²) in [5.41, 5.74) is 6.01. The van der Waals surface area contributed by atoms with E-state index >= 15 is 0 Å². The molecule has 0 heterocycles. The van der Waals surface area contributed by atoms with Crippen molar-refractivity contribution in [2.75, 3.05) is 6.61 Å². The number of nitrogens with two attached hydrogens (primary N) is 1. The number of carbonyl (C=O) groups excluding carboxylic acids is 1. The molecule has 21 heavy (non-hydrogen) atoms. The monoisotopic (exact) mass is 293 g/mol. The molecule has 1 aromatic rings. The lowest BCUT2D eigenvalue weighted by Crippen LogP contribution is -2.13. The third-order valence-corrected chi connectivity index (χ3v) is 3.11. The fourth-order valence-corrected chi connectivity index (χ4v) is 2.00. The molecule has 116 valence electrons. The van der Waals surface area contributed by atoms with Gasteiger partial charge in [0, 0.05) is 6.42 Å². The molecule has 0 aliphatic heterocycles. The molecule has 5 nitrogen and oxygen atoms in total. The van der Waals surface area contributed by atoms with E-state index in [2.05, 4.69) is 0 Å². The Balaban J connectivity index is 2.07. The number of primary amides is 1. The molecule has 0 saturated carbocycles. The zero-order valence-corrected chi connectivity index (χ0v) is 12.2. The minimum Gasteiger partial charge on any atom is -0.494 e. The van der Waals surface area contributed by atoms with E-state index in [0.29, 0.717) is 6.61 Å². The Kier molecular flexibility index (Phi) is 7.94. The number of amides is 1. The van der Waals surface area contributed by atoms with E-state index in [1.54, 1.807) is 0 Å². The van der Waals surface area contributed by atoms with E-state index in [1.807, 2.05) is 24.3 Å². The Bertz CT molecular complexity index is 442. The van der Waals surface area contributed by atoms with Crippen molar-refractivity contribution in [3.05, 3.63) is 29.8 Å². The predicted octanol–water partition coefficient (Wildman–Crippen LogP) is 2.52. The van der Waals surface area contributed by atoms with Crippen LogP contribution in [-0.2, 0) is 16.0 Å². The van der Waals surface area contributed by atoms with Gasteiger partial charge in [0.05, 0.1) is 13.0 Å². The van der Waals surface area contributed by atoms with Gasteiger partial charge in [0.15, 0.2) is 0 Å². The first-order chi connectivity index (χ1) is 10.1. The van der Waals surface area contributed by atoms with E-state index < -0.39 is 5.97 Å². The average Bonchev–Trinajstić information content (AvgIpc) is 2.42. The molecule has 0 atom stereocenters. The molecule has 1 aromatic carbocycles. The molecular formula is C16H23NO4. The predicted molar refractivity (Wildman–Crippen MR) is 80.2 cm³/mol. The lowest BCUT2D eigenvalue weighted by atomic mass is 10.1. The first-order valence-corrected chi connectivity index (χ1v) is 7.30. The fourth-order valence-electron chi connectivity index (χ4n) is 2.00. The van der Waals surface area contributed by atoms with Gasteiger partial charge in [-0.3, -0.25) is 9.59 Å². The number of rotatable bonds is 11. The van der Waals surface area contributed by atoms with Crippen LogP contribution >= 0.6 is 0 Å². The molecule has 0 aliphatic carbocycles. The van der Waals surface area contributed by atoms with Crippen LogP contribution in [0.3, 0.4) is 0 Å². The average molecular weight is 293 g/mol. The minimum atomic E-state index is -0.724. The summed E-state index contributed by atoms with van der Waals surface area (Å²) < 4.78 is 5.60. The van der Waals surface area contributed by atoms with Crippen LogP contribution in [0.5, 0.6) is 5.75 Å². The molecule has 0 radical (unpaired) electrons. The molecule has 1 rings (SSSR count). The maximum Gasteiger partial charge on any atom is 0.303 e. The topological polar surface area (TPSA) is 89.6 Å². The Morgan fingerprint density at radius 3 is 2.24 bits per heavy atom. The summed E-state index contributed by atoms with van der Waals surface area (Å²) in [5, 5.41) is 8.50. The second-order valence-electron chi connectivity index (χ2n) is 5.05. The number of carboxylic acids is 1. The van der Waals surface area contributed by atoms with Crippen molar-refractivity contribution in [1.29, 1.82) is 0 Å². The molecule has 0 aromatic heterocycles. The maximum atomic E-state index is 10.8. The lowest BCUT2D eigenvalue weighted by molar-refractivity contribution is -0.137. The number of hydrogen-bond acceptors (Lipinski definition) is 3. The first-order valence-electron chi connectivity index (χ1n) is 7.30. The molecule has 0 saturated heterocycles. The number of carbonyl (C=O) groups is 2. The van der Waals surface area contributed by atoms with Crippen LogP contribution in [0.2, 0.25) is 0 Å². The molecule has 3 N–H and O–H groups in total. The van der Waals surface area contributed by atoms with Crippen molar-refractivity contribution in [3.8, 4) is 5.75 Å². The molecule has 5 heteroatoms. The molecular weight excluding hydrogens is 270 g/mol. The highest BCUT2D eigenvalue weighted by molar-refractivity contribution is 5.76. The van der Waals surface area contributed by atoms with Gasteiger partial charge in [0.25, 0.3) is 0 Å². The minimum absolute atomic E-state index is 0.247. The van der Waals surface area contributed by atoms with Crippen LogP contribution in [0.4, 0.5) is 0 Å². The van der Waals surface area contributed by atoms with E-state index in [9.17, 15) is 9.59 Å². The third kappa shape index (κ3) is 8.68. The molecule has 0 aliphatic rings. The number of ether oxygens (including phenoxy) is 1. The number of hydrogen-bond donors (Lipinski definition) is 2. The Morgan fingerprint density at radius 2 is 1.62 bits per heavy atom. The largest absolute Gasteiger partial charge is 0.494 e. The maximum absolute atomic E-state index is 10.8. The standard InChI is InChI=1S/C16H23NO4/c17-15(18)12-13-7-9-14(10-8-13)21-11-5-3-1-2-4-6-16(19)20/h7-10H,1-6,11-12H2,(H2,17,18)(H,19,20). The number of unbranched alkanes of at least 4 members (excludes halogenated alkanes) is 4. The van der Waals surface area contributed by atoms with Crippen molar-refractivity contribution in [2.24, 2.45) is 5.73 Å². The van der Waals surface area contributed by atoms with Crippen molar-refractivity contribution >= 4 is 11.9 Å². The molecule has 0 fully saturated rings. The van der Waals surface area contributed by atoms with Gasteiger partial charge in [0.2, 0.25) is 5.91 Å². The highest BCUT2D eigenvalue weighted by atomic mass is 16.5. The van der Waals surface area contributed by atoms with Gasteiger partial charge in [-0.2, -0.15) is 0 Å². The van der Waals surface area contributed by atoms with Crippen molar-refractivity contribution in [3.63, 3.8) is 0 Å². The van der Waals surface area contributed by atoms with Gasteiger partial charge < -0.3 is 15.6 Å². The van der Waals surface area contributed by atoms with Gasteiger partial charge in [-0.05, 0) is 30.5 Å². The molecule has 1 amide bonds. The van der Waals surface area contributed by atoms with Crippen LogP contribution < -0.4 is 10.5 Å². The Hall–Kier alpha value is -2.04. The van der Waals surface area contributed by atoms with E-state index in [4.69, 9.17) is 15.6 Å². The number of carboxylic acid groups (broad SMARTS) is 1. The van der Waals surface area contributed by atoms with Crippen LogP contribution in [0, 0.1) is 0 Å². The van der Waals surface area contributed by atoms with Crippen molar-refractivity contribution in [2.45, 2.75) is 44.9 Å². The van der Waals surface area contributed by atoms with E-state index in [0.717, 1.165) is 43.4 Å². The quantitative estimate of drug-likeness (QED) is 0.613. The normalized spacial score (nSPS) is 10.3. The van der Waals surface area contributed by atoms with Gasteiger partial charge in [-0.1, -0.05) is 31.4 Å². The summed E-state index contributed by atoms with van der Waals surface area (Å²) in [4.78, 5) is 21.1. The summed E-state index contributed by atoms with van der Waals surface area (Å²) in [5.74, 6) is -0.279. The number of aliphatic carboxylic acids is 1. The van der Waals surface area contributed by atoms with Crippen LogP contribution in [0.1, 0.15) is 44.1 Å². The highest BCUT2D eigenvalue weighted by Gasteiger charge is 2.00.